The molecule has 2 aromatic carbocycles. The van der Waals surface area contributed by atoms with E-state index in [0.717, 1.165) is 37.7 Å². The van der Waals surface area contributed by atoms with Crippen LogP contribution in [0.2, 0.25) is 0 Å². The van der Waals surface area contributed by atoms with Crippen LogP contribution in [0.4, 0.5) is 4.79 Å². The van der Waals surface area contributed by atoms with Crippen LogP contribution in [-0.2, 0) is 20.9 Å². The molecule has 234 valence electrons. The van der Waals surface area contributed by atoms with E-state index >= 15 is 0 Å². The van der Waals surface area contributed by atoms with E-state index in [2.05, 4.69) is 23.5 Å². The third-order valence-electron chi connectivity index (χ3n) is 6.90. The number of unbranched alkanes of at least 4 members (excludes halogenated alkanes) is 5. The molecule has 0 aliphatic rings. The molecule has 0 saturated carbocycles. The Morgan fingerprint density at radius 3 is 2.23 bits per heavy atom. The average molecular weight is 608 g/mol. The van der Waals surface area contributed by atoms with Crippen LogP contribution in [0.25, 0.3) is 0 Å². The van der Waals surface area contributed by atoms with E-state index in [0.29, 0.717) is 36.4 Å². The van der Waals surface area contributed by atoms with Gasteiger partial charge < -0.3 is 20.3 Å². The lowest BCUT2D eigenvalue weighted by Gasteiger charge is -2.34. The van der Waals surface area contributed by atoms with E-state index in [1.807, 2.05) is 48.7 Å². The first-order valence-corrected chi connectivity index (χ1v) is 16.7. The first-order chi connectivity index (χ1) is 20.6. The third-order valence-corrected chi connectivity index (χ3v) is 7.54. The van der Waals surface area contributed by atoms with Crippen molar-refractivity contribution in [3.63, 3.8) is 0 Å². The van der Waals surface area contributed by atoms with Gasteiger partial charge in [-0.05, 0) is 68.9 Å². The molecule has 0 heterocycles. The fourth-order valence-electron chi connectivity index (χ4n) is 4.69. The zero-order valence-electron chi connectivity index (χ0n) is 26.5. The largest absolute Gasteiger partial charge is 0.444 e. The van der Waals surface area contributed by atoms with Crippen LogP contribution < -0.4 is 10.6 Å². The highest BCUT2D eigenvalue weighted by Crippen LogP contribution is 2.25. The predicted molar refractivity (Wildman–Crippen MR) is 177 cm³/mol. The summed E-state index contributed by atoms with van der Waals surface area (Å²) in [5, 5.41) is 5.85. The Balaban J connectivity index is 2.46. The molecule has 0 bridgehead atoms. The Labute approximate surface area is 262 Å². The molecule has 0 aromatic heterocycles. The smallest absolute Gasteiger partial charge is 0.408 e. The number of ether oxygens (including phenoxy) is 1. The standard InChI is InChI=1S/C35H49N3O4S/c1-7-9-10-11-12-16-24-38(33(40)30(23-25-43-6)37-34(41)42-35(3,4)5)31(29-21-19-27(8-2)20-22-29)32(39)36-26-28-17-14-13-15-18-28/h2,13-15,17-22,30-31H,7,9-12,16,23-26H2,1,3-6H3,(H,36,39)(H,37,41). The van der Waals surface area contributed by atoms with Crippen LogP contribution in [0.15, 0.2) is 54.6 Å². The summed E-state index contributed by atoms with van der Waals surface area (Å²) in [5.74, 6) is 2.66. The van der Waals surface area contributed by atoms with E-state index in [4.69, 9.17) is 11.2 Å². The molecular weight excluding hydrogens is 558 g/mol. The quantitative estimate of drug-likeness (QED) is 0.152. The van der Waals surface area contributed by atoms with Gasteiger partial charge in [0.2, 0.25) is 11.8 Å². The van der Waals surface area contributed by atoms with Gasteiger partial charge in [0, 0.05) is 18.7 Å². The number of hydrogen-bond donors (Lipinski definition) is 2. The third kappa shape index (κ3) is 13.2. The summed E-state index contributed by atoms with van der Waals surface area (Å²) in [6.45, 7) is 8.22. The van der Waals surface area contributed by atoms with E-state index in [9.17, 15) is 14.4 Å². The van der Waals surface area contributed by atoms with Crippen LogP contribution in [0.3, 0.4) is 0 Å². The molecule has 0 spiro atoms. The monoisotopic (exact) mass is 607 g/mol. The van der Waals surface area contributed by atoms with Gasteiger partial charge in [-0.25, -0.2) is 4.79 Å². The lowest BCUT2D eigenvalue weighted by molar-refractivity contribution is -0.142. The number of terminal acetylenes is 1. The van der Waals surface area contributed by atoms with Gasteiger partial charge in [-0.2, -0.15) is 11.8 Å². The Morgan fingerprint density at radius 1 is 0.977 bits per heavy atom. The van der Waals surface area contributed by atoms with Gasteiger partial charge in [-0.1, -0.05) is 87.4 Å². The molecule has 3 amide bonds. The molecule has 2 aromatic rings. The molecule has 0 saturated heterocycles. The van der Waals surface area contributed by atoms with Gasteiger partial charge >= 0.3 is 6.09 Å². The Kier molecular flexibility index (Phi) is 15.8. The van der Waals surface area contributed by atoms with Crippen molar-refractivity contribution in [1.82, 2.24) is 15.5 Å². The maximum atomic E-state index is 14.4. The minimum atomic E-state index is -0.907. The van der Waals surface area contributed by atoms with Crippen molar-refractivity contribution in [2.45, 2.75) is 96.9 Å². The maximum Gasteiger partial charge on any atom is 0.408 e. The highest BCUT2D eigenvalue weighted by molar-refractivity contribution is 7.98. The molecule has 43 heavy (non-hydrogen) atoms. The number of alkyl carbamates (subject to hydrolysis) is 1. The van der Waals surface area contributed by atoms with Crippen molar-refractivity contribution in [1.29, 1.82) is 0 Å². The van der Waals surface area contributed by atoms with E-state index in [1.165, 1.54) is 6.42 Å². The van der Waals surface area contributed by atoms with Gasteiger partial charge in [0.25, 0.3) is 0 Å². The zero-order chi connectivity index (χ0) is 31.7. The average Bonchev–Trinajstić information content (AvgIpc) is 2.98. The molecule has 8 heteroatoms. The summed E-state index contributed by atoms with van der Waals surface area (Å²) in [4.78, 5) is 42.8. The Morgan fingerprint density at radius 2 is 1.63 bits per heavy atom. The van der Waals surface area contributed by atoms with Gasteiger partial charge in [0.15, 0.2) is 0 Å². The lowest BCUT2D eigenvalue weighted by atomic mass is 10.00. The number of nitrogens with one attached hydrogen (secondary N) is 2. The molecule has 7 nitrogen and oxygen atoms in total. The van der Waals surface area contributed by atoms with Crippen LogP contribution in [-0.4, -0.2) is 53.0 Å². The SMILES string of the molecule is C#Cc1ccc(C(C(=O)NCc2ccccc2)N(CCCCCCCC)C(=O)C(CCSC)NC(=O)OC(C)(C)C)cc1. The number of carbonyl (C=O) groups is 3. The summed E-state index contributed by atoms with van der Waals surface area (Å²) in [6, 6.07) is 15.1. The van der Waals surface area contributed by atoms with Crippen LogP contribution in [0, 0.1) is 12.3 Å². The number of thioether (sulfide) groups is 1. The number of amides is 3. The lowest BCUT2D eigenvalue weighted by Crippen LogP contribution is -2.53. The highest BCUT2D eigenvalue weighted by Gasteiger charge is 2.36. The zero-order valence-corrected chi connectivity index (χ0v) is 27.3. The molecule has 2 unspecified atom stereocenters. The molecule has 2 rings (SSSR count). The van der Waals surface area contributed by atoms with Gasteiger partial charge in [-0.3, -0.25) is 9.59 Å². The second kappa shape index (κ2) is 19.0. The van der Waals surface area contributed by atoms with Crippen molar-refractivity contribution in [3.8, 4) is 12.3 Å². The van der Waals surface area contributed by atoms with E-state index in [1.54, 1.807) is 49.6 Å². The molecule has 0 aliphatic heterocycles. The van der Waals surface area contributed by atoms with Crippen LogP contribution in [0.1, 0.15) is 95.4 Å². The summed E-state index contributed by atoms with van der Waals surface area (Å²) >= 11 is 1.59. The second-order valence-electron chi connectivity index (χ2n) is 11.7. The maximum absolute atomic E-state index is 14.4. The Hall–Kier alpha value is -3.44. The normalized spacial score (nSPS) is 12.5. The van der Waals surface area contributed by atoms with Crippen LogP contribution >= 0.6 is 11.8 Å². The van der Waals surface area contributed by atoms with E-state index < -0.39 is 23.8 Å². The molecular formula is C35H49N3O4S. The fourth-order valence-corrected chi connectivity index (χ4v) is 5.16. The predicted octanol–water partition coefficient (Wildman–Crippen LogP) is 6.86. The summed E-state index contributed by atoms with van der Waals surface area (Å²) in [6.07, 6.45) is 13.5. The molecule has 0 radical (unpaired) electrons. The number of benzene rings is 2. The van der Waals surface area contributed by atoms with Crippen molar-refractivity contribution in [2.24, 2.45) is 0 Å². The van der Waals surface area contributed by atoms with Crippen LogP contribution in [0.5, 0.6) is 0 Å². The number of rotatable bonds is 17. The number of carbonyl (C=O) groups excluding carboxylic acids is 3. The van der Waals surface area contributed by atoms with Gasteiger partial charge in [-0.15, -0.1) is 6.42 Å². The van der Waals surface area contributed by atoms with Crippen molar-refractivity contribution in [3.05, 3.63) is 71.3 Å². The van der Waals surface area contributed by atoms with Crippen molar-refractivity contribution in [2.75, 3.05) is 18.6 Å². The topological polar surface area (TPSA) is 87.7 Å². The van der Waals surface area contributed by atoms with Crippen molar-refractivity contribution < 1.29 is 19.1 Å². The van der Waals surface area contributed by atoms with Crippen molar-refractivity contribution >= 4 is 29.7 Å². The summed E-state index contributed by atoms with van der Waals surface area (Å²) in [7, 11) is 0. The summed E-state index contributed by atoms with van der Waals surface area (Å²) in [5.41, 5.74) is 1.58. The molecule has 0 fully saturated rings. The number of nitrogens with zero attached hydrogens (tertiary/aromatic N) is 1. The van der Waals surface area contributed by atoms with Gasteiger partial charge in [0.05, 0.1) is 0 Å². The Bertz CT molecular complexity index is 1170. The van der Waals surface area contributed by atoms with Gasteiger partial charge in [0.1, 0.15) is 17.7 Å². The first kappa shape index (κ1) is 35.8. The minimum absolute atomic E-state index is 0.294. The molecule has 2 N–H and O–H groups in total. The first-order valence-electron chi connectivity index (χ1n) is 15.3. The fraction of sp³-hybridized carbons (Fsp3) is 0.514. The van der Waals surface area contributed by atoms with E-state index in [-0.39, 0.29) is 11.8 Å². The highest BCUT2D eigenvalue weighted by atomic mass is 32.2. The summed E-state index contributed by atoms with van der Waals surface area (Å²) < 4.78 is 5.49. The minimum Gasteiger partial charge on any atom is -0.444 e. The second-order valence-corrected chi connectivity index (χ2v) is 12.6. The molecule has 2 atom stereocenters. The molecule has 0 aliphatic carbocycles. The number of hydrogen-bond acceptors (Lipinski definition) is 5.